The van der Waals surface area contributed by atoms with Gasteiger partial charge in [0, 0.05) is 31.4 Å². The van der Waals surface area contributed by atoms with Crippen LogP contribution in [0.25, 0.3) is 0 Å². The topological polar surface area (TPSA) is 67.3 Å². The molecule has 0 aliphatic carbocycles. The Morgan fingerprint density at radius 3 is 2.88 bits per heavy atom. The van der Waals surface area contributed by atoms with E-state index in [2.05, 4.69) is 20.2 Å². The summed E-state index contributed by atoms with van der Waals surface area (Å²) in [5.74, 6) is 0.387. The van der Waals surface area contributed by atoms with E-state index in [4.69, 9.17) is 27.9 Å². The fourth-order valence-electron chi connectivity index (χ4n) is 2.72. The minimum absolute atomic E-state index is 0.154. The molecule has 0 unspecified atom stereocenters. The fraction of sp³-hybridized carbons (Fsp3) is 0.688. The number of rotatable bonds is 4. The molecule has 1 aliphatic heterocycles. The van der Waals surface area contributed by atoms with E-state index in [0.717, 1.165) is 31.5 Å². The van der Waals surface area contributed by atoms with Gasteiger partial charge in [-0.05, 0) is 57.7 Å². The van der Waals surface area contributed by atoms with Crippen LogP contribution < -0.4 is 5.32 Å². The smallest absolute Gasteiger partial charge is 0.407 e. The monoisotopic (exact) mass is 374 g/mol. The molecule has 1 aromatic heterocycles. The van der Waals surface area contributed by atoms with E-state index in [0.29, 0.717) is 24.2 Å². The molecule has 1 fully saturated rings. The Balaban J connectivity index is 1.82. The van der Waals surface area contributed by atoms with E-state index in [9.17, 15) is 4.79 Å². The second-order valence-corrected chi connectivity index (χ2v) is 7.78. The second kappa shape index (κ2) is 8.32. The Hall–Kier alpha value is -1.11. The Morgan fingerprint density at radius 2 is 2.21 bits per heavy atom. The van der Waals surface area contributed by atoms with Gasteiger partial charge in [-0.1, -0.05) is 11.6 Å². The molecule has 1 amide bonds. The minimum Gasteiger partial charge on any atom is -0.444 e. The normalized spacial score (nSPS) is 19.1. The van der Waals surface area contributed by atoms with Crippen molar-refractivity contribution in [2.75, 3.05) is 19.6 Å². The number of likely N-dealkylation sites (tertiary alicyclic amines) is 1. The van der Waals surface area contributed by atoms with E-state index in [1.165, 1.54) is 0 Å². The lowest BCUT2D eigenvalue weighted by molar-refractivity contribution is 0.0506. The zero-order valence-electron chi connectivity index (χ0n) is 14.3. The van der Waals surface area contributed by atoms with Gasteiger partial charge in [-0.15, -0.1) is 0 Å². The van der Waals surface area contributed by atoms with Gasteiger partial charge in [-0.25, -0.2) is 14.8 Å². The molecule has 134 valence electrons. The van der Waals surface area contributed by atoms with E-state index >= 15 is 0 Å². The summed E-state index contributed by atoms with van der Waals surface area (Å²) in [7, 11) is 0. The molecule has 1 aromatic rings. The molecule has 6 nitrogen and oxygen atoms in total. The number of hydrogen-bond acceptors (Lipinski definition) is 5. The Kier molecular flexibility index (Phi) is 6.66. The molecular formula is C16H24Cl2N4O2. The second-order valence-electron chi connectivity index (χ2n) is 7.08. The van der Waals surface area contributed by atoms with Crippen molar-refractivity contribution in [2.24, 2.45) is 5.92 Å². The number of halogens is 2. The molecule has 0 radical (unpaired) electrons. The zero-order valence-corrected chi connectivity index (χ0v) is 15.8. The number of aromatic nitrogens is 2. The Labute approximate surface area is 152 Å². The summed E-state index contributed by atoms with van der Waals surface area (Å²) >= 11 is 11.8. The summed E-state index contributed by atoms with van der Waals surface area (Å²) in [6.07, 6.45) is 3.46. The van der Waals surface area contributed by atoms with Gasteiger partial charge in [0.2, 0.25) is 5.28 Å². The molecule has 0 bridgehead atoms. The van der Waals surface area contributed by atoms with Gasteiger partial charge in [0.25, 0.3) is 0 Å². The van der Waals surface area contributed by atoms with Crippen molar-refractivity contribution in [3.63, 3.8) is 0 Å². The summed E-state index contributed by atoms with van der Waals surface area (Å²) in [6, 6.07) is 0. The third-order valence-corrected chi connectivity index (χ3v) is 4.22. The standard InChI is InChI=1S/C16H24Cl2N4O2/c1-16(2,3)24-15(23)20-7-11-5-4-6-22(9-11)10-12-8-19-14(18)21-13(12)17/h8,11H,4-7,9-10H2,1-3H3,(H,20,23)/t11-/m1/s1. The first-order chi connectivity index (χ1) is 11.2. The van der Waals surface area contributed by atoms with Crippen molar-refractivity contribution in [1.82, 2.24) is 20.2 Å². The lowest BCUT2D eigenvalue weighted by atomic mass is 9.98. The number of amides is 1. The predicted molar refractivity (Wildman–Crippen MR) is 94.3 cm³/mol. The first-order valence-electron chi connectivity index (χ1n) is 8.09. The van der Waals surface area contributed by atoms with Crippen LogP contribution in [0.2, 0.25) is 10.4 Å². The van der Waals surface area contributed by atoms with Gasteiger partial charge in [-0.3, -0.25) is 4.90 Å². The number of ether oxygens (including phenoxy) is 1. The summed E-state index contributed by atoms with van der Waals surface area (Å²) in [5.41, 5.74) is 0.385. The lowest BCUT2D eigenvalue weighted by Gasteiger charge is -2.33. The van der Waals surface area contributed by atoms with Crippen LogP contribution >= 0.6 is 23.2 Å². The van der Waals surface area contributed by atoms with Gasteiger partial charge in [0.15, 0.2) is 0 Å². The van der Waals surface area contributed by atoms with Crippen molar-refractivity contribution in [2.45, 2.75) is 45.8 Å². The largest absolute Gasteiger partial charge is 0.444 e. The summed E-state index contributed by atoms with van der Waals surface area (Å²) in [4.78, 5) is 22.0. The quantitative estimate of drug-likeness (QED) is 0.644. The molecule has 24 heavy (non-hydrogen) atoms. The van der Waals surface area contributed by atoms with Crippen LogP contribution in [0, 0.1) is 5.92 Å². The first-order valence-corrected chi connectivity index (χ1v) is 8.84. The van der Waals surface area contributed by atoms with Gasteiger partial charge >= 0.3 is 6.09 Å². The Morgan fingerprint density at radius 1 is 1.46 bits per heavy atom. The first kappa shape index (κ1) is 19.2. The highest BCUT2D eigenvalue weighted by Gasteiger charge is 2.23. The lowest BCUT2D eigenvalue weighted by Crippen LogP contribution is -2.42. The van der Waals surface area contributed by atoms with E-state index < -0.39 is 5.60 Å². The number of nitrogens with one attached hydrogen (secondary N) is 1. The molecular weight excluding hydrogens is 351 g/mol. The molecule has 8 heteroatoms. The van der Waals surface area contributed by atoms with Crippen LogP contribution in [0.4, 0.5) is 4.79 Å². The van der Waals surface area contributed by atoms with Crippen molar-refractivity contribution in [1.29, 1.82) is 0 Å². The third-order valence-electron chi connectivity index (χ3n) is 3.71. The summed E-state index contributed by atoms with van der Waals surface area (Å²) in [5, 5.41) is 3.40. The third kappa shape index (κ3) is 6.42. The molecule has 0 aromatic carbocycles. The van der Waals surface area contributed by atoms with E-state index in [1.807, 2.05) is 20.8 Å². The van der Waals surface area contributed by atoms with Crippen LogP contribution in [0.15, 0.2) is 6.20 Å². The highest BCUT2D eigenvalue weighted by atomic mass is 35.5. The molecule has 2 rings (SSSR count). The molecule has 0 spiro atoms. The summed E-state index contributed by atoms with van der Waals surface area (Å²) < 4.78 is 5.27. The average molecular weight is 375 g/mol. The summed E-state index contributed by atoms with van der Waals surface area (Å²) in [6.45, 7) is 8.72. The maximum Gasteiger partial charge on any atom is 0.407 e. The highest BCUT2D eigenvalue weighted by Crippen LogP contribution is 2.21. The number of carbonyl (C=O) groups is 1. The van der Waals surface area contributed by atoms with Crippen LogP contribution in [0.1, 0.15) is 39.2 Å². The van der Waals surface area contributed by atoms with Crippen molar-refractivity contribution in [3.05, 3.63) is 22.2 Å². The molecule has 1 aliphatic rings. The molecule has 1 atom stereocenters. The number of alkyl carbamates (subject to hydrolysis) is 1. The fourth-order valence-corrected chi connectivity index (χ4v) is 3.08. The zero-order chi connectivity index (χ0) is 17.7. The van der Waals surface area contributed by atoms with Crippen LogP contribution in [-0.4, -0.2) is 46.2 Å². The molecule has 2 heterocycles. The van der Waals surface area contributed by atoms with Crippen molar-refractivity contribution in [3.8, 4) is 0 Å². The minimum atomic E-state index is -0.478. The van der Waals surface area contributed by atoms with Crippen LogP contribution in [0.5, 0.6) is 0 Å². The van der Waals surface area contributed by atoms with Crippen LogP contribution in [-0.2, 0) is 11.3 Å². The molecule has 1 N–H and O–H groups in total. The maximum atomic E-state index is 11.8. The SMILES string of the molecule is CC(C)(C)OC(=O)NC[C@H]1CCCN(Cc2cnc(Cl)nc2Cl)C1. The van der Waals surface area contributed by atoms with Gasteiger partial charge in [0.05, 0.1) is 0 Å². The Bertz CT molecular complexity index is 578. The van der Waals surface area contributed by atoms with E-state index in [1.54, 1.807) is 6.20 Å². The molecule has 0 saturated carbocycles. The predicted octanol–water partition coefficient (Wildman–Crippen LogP) is 3.52. The number of carbonyl (C=O) groups excluding carboxylic acids is 1. The van der Waals surface area contributed by atoms with Gasteiger partial charge in [-0.2, -0.15) is 0 Å². The number of nitrogens with zero attached hydrogens (tertiary/aromatic N) is 3. The van der Waals surface area contributed by atoms with Crippen molar-refractivity contribution < 1.29 is 9.53 Å². The van der Waals surface area contributed by atoms with Crippen LogP contribution in [0.3, 0.4) is 0 Å². The number of piperidine rings is 1. The van der Waals surface area contributed by atoms with Crippen molar-refractivity contribution >= 4 is 29.3 Å². The highest BCUT2D eigenvalue weighted by molar-refractivity contribution is 6.32. The average Bonchev–Trinajstić information content (AvgIpc) is 2.47. The van der Waals surface area contributed by atoms with Gasteiger partial charge in [0.1, 0.15) is 10.8 Å². The van der Waals surface area contributed by atoms with E-state index in [-0.39, 0.29) is 11.4 Å². The molecule has 1 saturated heterocycles. The van der Waals surface area contributed by atoms with Gasteiger partial charge < -0.3 is 10.1 Å². The maximum absolute atomic E-state index is 11.8. The number of hydrogen-bond donors (Lipinski definition) is 1.